The monoisotopic (exact) mass is 484 g/mol. The van der Waals surface area contributed by atoms with E-state index in [1.165, 1.54) is 12.3 Å². The second kappa shape index (κ2) is 8.38. The molecule has 5 rings (SSSR count). The zero-order valence-corrected chi connectivity index (χ0v) is 17.5. The lowest BCUT2D eigenvalue weighted by atomic mass is 10.0. The lowest BCUT2D eigenvalue weighted by Gasteiger charge is -2.28. The number of benzene rings is 1. The van der Waals surface area contributed by atoms with Crippen LogP contribution >= 0.6 is 0 Å². The van der Waals surface area contributed by atoms with Crippen LogP contribution in [0.15, 0.2) is 22.1 Å². The zero-order chi connectivity index (χ0) is 24.9. The van der Waals surface area contributed by atoms with E-state index in [0.717, 1.165) is 19.3 Å². The summed E-state index contributed by atoms with van der Waals surface area (Å²) < 4.78 is 48.7. The molecule has 0 bridgehead atoms. The summed E-state index contributed by atoms with van der Waals surface area (Å²) in [6.07, 6.45) is 0.485. The summed E-state index contributed by atoms with van der Waals surface area (Å²) in [5, 5.41) is 16.6. The maximum atomic E-state index is 15.2. The van der Waals surface area contributed by atoms with Gasteiger partial charge in [-0.05, 0) is 25.3 Å². The van der Waals surface area contributed by atoms with Crippen molar-refractivity contribution < 1.29 is 37.4 Å². The molecule has 1 aromatic heterocycles. The number of hydrogen-bond acceptors (Lipinski definition) is 6. The Hall–Kier alpha value is -3.48. The molecule has 3 aliphatic rings. The average molecular weight is 484 g/mol. The Morgan fingerprint density at radius 1 is 1.18 bits per heavy atom. The van der Waals surface area contributed by atoms with Gasteiger partial charge in [-0.1, -0.05) is 0 Å². The number of nitrogens with zero attached hydrogens (tertiary/aromatic N) is 3. The Morgan fingerprint density at radius 3 is 2.38 bits per heavy atom. The number of fused-ring (bicyclic) bond motifs is 5. The van der Waals surface area contributed by atoms with Gasteiger partial charge in [-0.2, -0.15) is 13.2 Å². The van der Waals surface area contributed by atoms with E-state index in [-0.39, 0.29) is 29.1 Å². The highest BCUT2D eigenvalue weighted by molar-refractivity contribution is 6.06. The fraction of sp³-hybridized carbons (Fsp3) is 0.429. The van der Waals surface area contributed by atoms with Gasteiger partial charge >= 0.3 is 18.1 Å². The van der Waals surface area contributed by atoms with Gasteiger partial charge in [0.2, 0.25) is 5.43 Å². The van der Waals surface area contributed by atoms with E-state index in [2.05, 4.69) is 4.99 Å². The summed E-state index contributed by atoms with van der Waals surface area (Å²) >= 11 is 0. The minimum absolute atomic E-state index is 0.0751. The van der Waals surface area contributed by atoms with Crippen LogP contribution in [0.25, 0.3) is 10.9 Å². The number of carboxylic acids is 2. The van der Waals surface area contributed by atoms with Gasteiger partial charge in [0, 0.05) is 36.6 Å². The Balaban J connectivity index is 0.000000344. The lowest BCUT2D eigenvalue weighted by molar-refractivity contribution is -0.192. The molecule has 1 aromatic carbocycles. The largest absolute Gasteiger partial charge is 0.490 e. The van der Waals surface area contributed by atoms with E-state index in [1.807, 2.05) is 9.47 Å². The Kier molecular flexibility index (Phi) is 5.84. The molecule has 1 saturated heterocycles. The number of carboxylic acid groups (broad SMARTS) is 2. The molecular weight excluding hydrogens is 464 g/mol. The first-order valence-electron chi connectivity index (χ1n) is 10.4. The predicted octanol–water partition coefficient (Wildman–Crippen LogP) is 2.15. The van der Waals surface area contributed by atoms with E-state index in [4.69, 9.17) is 15.6 Å². The molecule has 182 valence electrons. The predicted molar refractivity (Wildman–Crippen MR) is 113 cm³/mol. The first-order valence-corrected chi connectivity index (χ1v) is 10.4. The third kappa shape index (κ3) is 4.11. The number of hydrogen-bond donors (Lipinski definition) is 3. The van der Waals surface area contributed by atoms with Crippen LogP contribution in [-0.2, 0) is 4.79 Å². The van der Waals surface area contributed by atoms with Crippen LogP contribution in [0.4, 0.5) is 23.2 Å². The van der Waals surface area contributed by atoms with Crippen molar-refractivity contribution in [3.8, 4) is 0 Å². The topological polar surface area (TPSA) is 138 Å². The van der Waals surface area contributed by atoms with Crippen molar-refractivity contribution >= 4 is 34.7 Å². The van der Waals surface area contributed by atoms with Gasteiger partial charge in [0.1, 0.15) is 11.4 Å². The molecule has 2 atom stereocenters. The van der Waals surface area contributed by atoms with Crippen molar-refractivity contribution in [3.05, 3.63) is 39.4 Å². The number of aromatic nitrogens is 1. The SMILES string of the molecule is N[C@@H]1CCN2c3c(F)cc4c(=O)c(C(=O)O)cn(C5CC5)c4c3C=NC[C@H]12.O=C(O)C(F)(F)F. The number of nitrogens with two attached hydrogens (primary N) is 1. The zero-order valence-electron chi connectivity index (χ0n) is 17.5. The number of aliphatic carboxylic acids is 1. The van der Waals surface area contributed by atoms with Crippen LogP contribution < -0.4 is 16.1 Å². The smallest absolute Gasteiger partial charge is 0.477 e. The molecule has 1 saturated carbocycles. The summed E-state index contributed by atoms with van der Waals surface area (Å²) in [4.78, 5) is 39.6. The molecular formula is C21H20F4N4O5. The molecule has 34 heavy (non-hydrogen) atoms. The van der Waals surface area contributed by atoms with Crippen LogP contribution in [0, 0.1) is 5.82 Å². The second-order valence-electron chi connectivity index (χ2n) is 8.34. The van der Waals surface area contributed by atoms with E-state index >= 15 is 4.39 Å². The first kappa shape index (κ1) is 23.7. The molecule has 0 amide bonds. The fourth-order valence-corrected chi connectivity index (χ4v) is 4.36. The van der Waals surface area contributed by atoms with Crippen LogP contribution in [0.5, 0.6) is 0 Å². The molecule has 13 heteroatoms. The van der Waals surface area contributed by atoms with Gasteiger partial charge < -0.3 is 25.4 Å². The van der Waals surface area contributed by atoms with E-state index in [1.54, 1.807) is 6.21 Å². The number of halogens is 4. The quantitative estimate of drug-likeness (QED) is 0.555. The van der Waals surface area contributed by atoms with E-state index in [0.29, 0.717) is 29.9 Å². The van der Waals surface area contributed by atoms with Crippen LogP contribution in [0.2, 0.25) is 0 Å². The number of aromatic carboxylic acids is 1. The van der Waals surface area contributed by atoms with Gasteiger partial charge in [-0.3, -0.25) is 9.79 Å². The number of aliphatic imine (C=N–C) groups is 1. The molecule has 0 spiro atoms. The van der Waals surface area contributed by atoms with Crippen molar-refractivity contribution in [1.29, 1.82) is 0 Å². The summed E-state index contributed by atoms with van der Waals surface area (Å²) in [6.45, 7) is 1.10. The molecule has 1 aliphatic carbocycles. The summed E-state index contributed by atoms with van der Waals surface area (Å²) in [6, 6.07) is 1.15. The standard InChI is InChI=1S/C19H19FN4O3.C2HF3O2/c20-13-5-10-16(24(9-1-2-9)8-12(18(10)25)19(26)27)11-6-22-7-15-14(21)3-4-23(15)17(11)13;3-2(4,5)1(6)7/h5-6,8-9,14-15H,1-4,7,21H2,(H,26,27);(H,6,7)/t14-,15-;/m1./s1. The first-order chi connectivity index (χ1) is 15.9. The summed E-state index contributed by atoms with van der Waals surface area (Å²) in [5.41, 5.74) is 6.71. The number of anilines is 1. The second-order valence-corrected chi connectivity index (χ2v) is 8.34. The maximum absolute atomic E-state index is 15.2. The van der Waals surface area contributed by atoms with Crippen molar-refractivity contribution in [2.75, 3.05) is 18.0 Å². The highest BCUT2D eigenvalue weighted by Crippen LogP contribution is 2.41. The van der Waals surface area contributed by atoms with Gasteiger partial charge in [0.05, 0.1) is 29.2 Å². The minimum atomic E-state index is -5.08. The highest BCUT2D eigenvalue weighted by atomic mass is 19.4. The van der Waals surface area contributed by atoms with Crippen molar-refractivity contribution in [2.24, 2.45) is 10.7 Å². The van der Waals surface area contributed by atoms with Gasteiger partial charge in [-0.25, -0.2) is 14.0 Å². The van der Waals surface area contributed by atoms with Crippen molar-refractivity contribution in [3.63, 3.8) is 0 Å². The molecule has 2 aliphatic heterocycles. The molecule has 9 nitrogen and oxygen atoms in total. The highest BCUT2D eigenvalue weighted by Gasteiger charge is 2.39. The number of alkyl halides is 3. The van der Waals surface area contributed by atoms with Crippen LogP contribution in [-0.4, -0.2) is 64.3 Å². The van der Waals surface area contributed by atoms with Crippen LogP contribution in [0.3, 0.4) is 0 Å². The van der Waals surface area contributed by atoms with Crippen LogP contribution in [0.1, 0.15) is 41.2 Å². The number of pyridine rings is 1. The number of carbonyl (C=O) groups is 2. The third-order valence-electron chi connectivity index (χ3n) is 6.09. The minimum Gasteiger partial charge on any atom is -0.477 e. The fourth-order valence-electron chi connectivity index (χ4n) is 4.36. The molecule has 2 fully saturated rings. The van der Waals surface area contributed by atoms with Gasteiger partial charge in [0.25, 0.3) is 0 Å². The Labute approximate surface area is 189 Å². The van der Waals surface area contributed by atoms with E-state index in [9.17, 15) is 27.9 Å². The molecule has 4 N–H and O–H groups in total. The summed E-state index contributed by atoms with van der Waals surface area (Å²) in [5.74, 6) is -4.59. The molecule has 0 unspecified atom stereocenters. The Morgan fingerprint density at radius 2 is 1.82 bits per heavy atom. The number of rotatable bonds is 2. The Bertz CT molecular complexity index is 1270. The summed E-state index contributed by atoms with van der Waals surface area (Å²) in [7, 11) is 0. The molecule has 2 aromatic rings. The maximum Gasteiger partial charge on any atom is 0.490 e. The third-order valence-corrected chi connectivity index (χ3v) is 6.09. The average Bonchev–Trinajstić information content (AvgIpc) is 3.54. The lowest BCUT2D eigenvalue weighted by Crippen LogP contribution is -2.41. The van der Waals surface area contributed by atoms with Crippen molar-refractivity contribution in [2.45, 2.75) is 43.6 Å². The molecule has 3 heterocycles. The van der Waals surface area contributed by atoms with Crippen molar-refractivity contribution in [1.82, 2.24) is 4.57 Å². The normalized spacial score (nSPS) is 21.4. The van der Waals surface area contributed by atoms with Gasteiger partial charge in [0.15, 0.2) is 0 Å². The van der Waals surface area contributed by atoms with Gasteiger partial charge in [-0.15, -0.1) is 0 Å². The molecule has 0 radical (unpaired) electrons. The van der Waals surface area contributed by atoms with E-state index < -0.39 is 29.4 Å².